The van der Waals surface area contributed by atoms with Gasteiger partial charge in [-0.25, -0.2) is 0 Å². The molecule has 0 amide bonds. The van der Waals surface area contributed by atoms with Crippen LogP contribution in [0.5, 0.6) is 0 Å². The molecule has 0 radical (unpaired) electrons. The lowest BCUT2D eigenvalue weighted by Gasteiger charge is -2.05. The summed E-state index contributed by atoms with van der Waals surface area (Å²) in [5, 5.41) is 17.4. The Labute approximate surface area is 85.7 Å². The van der Waals surface area contributed by atoms with Crippen molar-refractivity contribution >= 4 is 0 Å². The van der Waals surface area contributed by atoms with E-state index in [-0.39, 0.29) is 13.2 Å². The lowest BCUT2D eigenvalue weighted by Crippen LogP contribution is -2.19. The molecule has 0 heterocycles. The highest BCUT2D eigenvalue weighted by molar-refractivity contribution is 4.82. The summed E-state index contributed by atoms with van der Waals surface area (Å²) in [5.41, 5.74) is 0. The lowest BCUT2D eigenvalue weighted by molar-refractivity contribution is 0.0149. The van der Waals surface area contributed by atoms with Gasteiger partial charge in [-0.1, -0.05) is 18.2 Å². The van der Waals surface area contributed by atoms with E-state index in [9.17, 15) is 0 Å². The van der Waals surface area contributed by atoms with Crippen molar-refractivity contribution in [2.45, 2.75) is 25.4 Å². The minimum absolute atomic E-state index is 0.188. The summed E-state index contributed by atoms with van der Waals surface area (Å²) in [4.78, 5) is 0. The maximum absolute atomic E-state index is 8.92. The van der Waals surface area contributed by atoms with Gasteiger partial charge in [0.2, 0.25) is 0 Å². The minimum atomic E-state index is -0.760. The number of rotatable bonds is 9. The molecule has 0 aliphatic carbocycles. The van der Waals surface area contributed by atoms with Gasteiger partial charge in [-0.2, -0.15) is 0 Å². The summed E-state index contributed by atoms with van der Waals surface area (Å²) in [6.07, 6.45) is 8.29. The third kappa shape index (κ3) is 9.45. The summed E-state index contributed by atoms with van der Waals surface area (Å²) < 4.78 is 5.08. The van der Waals surface area contributed by atoms with Gasteiger partial charge >= 0.3 is 0 Å². The Morgan fingerprint density at radius 3 is 2.71 bits per heavy atom. The van der Waals surface area contributed by atoms with Crippen LogP contribution in [0.3, 0.4) is 0 Å². The van der Waals surface area contributed by atoms with E-state index in [4.69, 9.17) is 14.9 Å². The van der Waals surface area contributed by atoms with Crippen molar-refractivity contribution in [3.05, 3.63) is 24.8 Å². The first-order chi connectivity index (χ1) is 6.81. The first kappa shape index (κ1) is 13.4. The third-order valence-electron chi connectivity index (χ3n) is 1.68. The van der Waals surface area contributed by atoms with E-state index in [2.05, 4.69) is 12.7 Å². The van der Waals surface area contributed by atoms with Gasteiger partial charge in [-0.3, -0.25) is 0 Å². The van der Waals surface area contributed by atoms with Crippen molar-refractivity contribution < 1.29 is 14.9 Å². The van der Waals surface area contributed by atoms with Gasteiger partial charge in [0.1, 0.15) is 6.10 Å². The molecule has 0 aromatic rings. The van der Waals surface area contributed by atoms with Crippen LogP contribution >= 0.6 is 0 Å². The van der Waals surface area contributed by atoms with Crippen LogP contribution in [0.2, 0.25) is 0 Å². The predicted octanol–water partition coefficient (Wildman–Crippen LogP) is 1.27. The Balaban J connectivity index is 3.14. The minimum Gasteiger partial charge on any atom is -0.394 e. The summed E-state index contributed by atoms with van der Waals surface area (Å²) in [7, 11) is 0. The SMILES string of the molecule is C=CCCC/C=C/COCC(O)CO. The second-order valence-electron chi connectivity index (χ2n) is 3.06. The topological polar surface area (TPSA) is 49.7 Å². The highest BCUT2D eigenvalue weighted by Gasteiger charge is 1.98. The molecule has 0 rings (SSSR count). The fraction of sp³-hybridized carbons (Fsp3) is 0.636. The number of hydrogen-bond donors (Lipinski definition) is 2. The zero-order valence-corrected chi connectivity index (χ0v) is 8.56. The van der Waals surface area contributed by atoms with Crippen LogP contribution in [0.15, 0.2) is 24.8 Å². The molecule has 0 bridgehead atoms. The largest absolute Gasteiger partial charge is 0.394 e. The smallest absolute Gasteiger partial charge is 0.100 e. The molecule has 0 aliphatic rings. The van der Waals surface area contributed by atoms with Crippen LogP contribution in [-0.2, 0) is 4.74 Å². The van der Waals surface area contributed by atoms with Gasteiger partial charge < -0.3 is 14.9 Å². The van der Waals surface area contributed by atoms with E-state index in [0.29, 0.717) is 6.61 Å². The molecule has 14 heavy (non-hydrogen) atoms. The third-order valence-corrected chi connectivity index (χ3v) is 1.68. The molecule has 0 fully saturated rings. The van der Waals surface area contributed by atoms with Gasteiger partial charge in [-0.05, 0) is 19.3 Å². The van der Waals surface area contributed by atoms with Crippen LogP contribution in [-0.4, -0.2) is 36.1 Å². The standard InChI is InChI=1S/C11H20O3/c1-2-3-4-5-6-7-8-14-10-11(13)9-12/h2,6-7,11-13H,1,3-5,8-10H2/b7-6+. The van der Waals surface area contributed by atoms with Gasteiger partial charge in [0, 0.05) is 0 Å². The molecule has 2 N–H and O–H groups in total. The second-order valence-corrected chi connectivity index (χ2v) is 3.06. The second kappa shape index (κ2) is 10.4. The Kier molecular flexibility index (Phi) is 9.96. The normalized spacial score (nSPS) is 13.3. The van der Waals surface area contributed by atoms with Crippen LogP contribution in [0.1, 0.15) is 19.3 Å². The molecule has 0 aromatic carbocycles. The first-order valence-electron chi connectivity index (χ1n) is 4.93. The highest BCUT2D eigenvalue weighted by atomic mass is 16.5. The maximum Gasteiger partial charge on any atom is 0.100 e. The Morgan fingerprint density at radius 2 is 2.07 bits per heavy atom. The monoisotopic (exact) mass is 200 g/mol. The average molecular weight is 200 g/mol. The maximum atomic E-state index is 8.92. The molecular weight excluding hydrogens is 180 g/mol. The van der Waals surface area contributed by atoms with E-state index in [1.807, 2.05) is 12.2 Å². The van der Waals surface area contributed by atoms with E-state index in [1.165, 1.54) is 0 Å². The van der Waals surface area contributed by atoms with Crippen LogP contribution in [0.25, 0.3) is 0 Å². The Hall–Kier alpha value is -0.640. The van der Waals surface area contributed by atoms with Gasteiger partial charge in [0.15, 0.2) is 0 Å². The Bertz CT molecular complexity index is 155. The molecule has 0 spiro atoms. The summed E-state index contributed by atoms with van der Waals surface area (Å²) in [5.74, 6) is 0. The van der Waals surface area contributed by atoms with E-state index >= 15 is 0 Å². The van der Waals surface area contributed by atoms with Crippen molar-refractivity contribution in [1.29, 1.82) is 0 Å². The van der Waals surface area contributed by atoms with Crippen molar-refractivity contribution in [2.24, 2.45) is 0 Å². The van der Waals surface area contributed by atoms with Crippen molar-refractivity contribution in [3.8, 4) is 0 Å². The molecule has 0 saturated carbocycles. The summed E-state index contributed by atoms with van der Waals surface area (Å²) in [6, 6.07) is 0. The fourth-order valence-corrected chi connectivity index (χ4v) is 0.891. The van der Waals surface area contributed by atoms with E-state index in [0.717, 1.165) is 19.3 Å². The molecule has 0 aromatic heterocycles. The highest BCUT2D eigenvalue weighted by Crippen LogP contribution is 1.96. The zero-order valence-electron chi connectivity index (χ0n) is 8.56. The first-order valence-corrected chi connectivity index (χ1v) is 4.93. The molecule has 1 atom stereocenters. The number of aliphatic hydroxyl groups is 2. The number of aliphatic hydroxyl groups excluding tert-OH is 2. The van der Waals surface area contributed by atoms with Gasteiger partial charge in [0.05, 0.1) is 19.8 Å². The lowest BCUT2D eigenvalue weighted by atomic mass is 10.2. The van der Waals surface area contributed by atoms with Crippen LogP contribution in [0, 0.1) is 0 Å². The summed E-state index contributed by atoms with van der Waals surface area (Å²) in [6.45, 7) is 4.07. The van der Waals surface area contributed by atoms with Crippen molar-refractivity contribution in [2.75, 3.05) is 19.8 Å². The van der Waals surface area contributed by atoms with Crippen molar-refractivity contribution in [1.82, 2.24) is 0 Å². The number of hydrogen-bond acceptors (Lipinski definition) is 3. The Morgan fingerprint density at radius 1 is 1.29 bits per heavy atom. The van der Waals surface area contributed by atoms with E-state index in [1.54, 1.807) is 0 Å². The molecule has 1 unspecified atom stereocenters. The molecule has 82 valence electrons. The van der Waals surface area contributed by atoms with E-state index < -0.39 is 6.10 Å². The van der Waals surface area contributed by atoms with Crippen molar-refractivity contribution in [3.63, 3.8) is 0 Å². The molecule has 3 nitrogen and oxygen atoms in total. The molecule has 3 heteroatoms. The fourth-order valence-electron chi connectivity index (χ4n) is 0.891. The van der Waals surface area contributed by atoms with Crippen LogP contribution < -0.4 is 0 Å². The number of unbranched alkanes of at least 4 members (excludes halogenated alkanes) is 2. The molecular formula is C11H20O3. The molecule has 0 saturated heterocycles. The average Bonchev–Trinajstić information content (AvgIpc) is 2.21. The zero-order chi connectivity index (χ0) is 10.6. The van der Waals surface area contributed by atoms with Gasteiger partial charge in [-0.15, -0.1) is 6.58 Å². The van der Waals surface area contributed by atoms with Gasteiger partial charge in [0.25, 0.3) is 0 Å². The predicted molar refractivity (Wildman–Crippen MR) is 57.1 cm³/mol. The quantitative estimate of drug-likeness (QED) is 0.435. The number of ether oxygens (including phenoxy) is 1. The summed E-state index contributed by atoms with van der Waals surface area (Å²) >= 11 is 0. The van der Waals surface area contributed by atoms with Crippen LogP contribution in [0.4, 0.5) is 0 Å². The molecule has 0 aliphatic heterocycles. The number of allylic oxidation sites excluding steroid dienone is 2.